The monoisotopic (exact) mass is 503 g/mol. The largest absolute Gasteiger partial charge is 0.395 e. The van der Waals surface area contributed by atoms with Crippen LogP contribution in [0.2, 0.25) is 0 Å². The molecule has 0 saturated heterocycles. The van der Waals surface area contributed by atoms with E-state index in [1.807, 2.05) is 67.0 Å². The van der Waals surface area contributed by atoms with E-state index in [9.17, 15) is 10.2 Å². The highest BCUT2D eigenvalue weighted by Crippen LogP contribution is 2.32. The Bertz CT molecular complexity index is 1280. The molecule has 4 rings (SSSR count). The highest BCUT2D eigenvalue weighted by Gasteiger charge is 2.14. The van der Waals surface area contributed by atoms with Crippen molar-refractivity contribution < 1.29 is 19.1 Å². The summed E-state index contributed by atoms with van der Waals surface area (Å²) in [5, 5.41) is 19.7. The van der Waals surface area contributed by atoms with Gasteiger partial charge >= 0.3 is 0 Å². The minimum Gasteiger partial charge on any atom is -0.395 e. The molecule has 2 heterocycles. The lowest BCUT2D eigenvalue weighted by Gasteiger charge is -2.26. The zero-order valence-electron chi connectivity index (χ0n) is 20.4. The predicted molar refractivity (Wildman–Crippen MR) is 149 cm³/mol. The second kappa shape index (κ2) is 14.8. The zero-order valence-corrected chi connectivity index (χ0v) is 21.1. The highest BCUT2D eigenvalue weighted by atomic mass is 35.5. The maximum atomic E-state index is 9.29. The van der Waals surface area contributed by atoms with Gasteiger partial charge in [-0.15, -0.1) is 0 Å². The Morgan fingerprint density at radius 2 is 1.64 bits per heavy atom. The Morgan fingerprint density at radius 1 is 0.917 bits per heavy atom. The fourth-order valence-corrected chi connectivity index (χ4v) is 4.02. The molecule has 0 unspecified atom stereocenters. The van der Waals surface area contributed by atoms with Gasteiger partial charge < -0.3 is 15.1 Å². The number of rotatable bonds is 8. The molecular weight excluding hydrogens is 472 g/mol. The molecule has 5 nitrogen and oxygen atoms in total. The van der Waals surface area contributed by atoms with Gasteiger partial charge in [-0.05, 0) is 29.3 Å². The summed E-state index contributed by atoms with van der Waals surface area (Å²) in [6, 6.07) is 18.6. The first-order valence-electron chi connectivity index (χ1n) is 11.8. The summed E-state index contributed by atoms with van der Waals surface area (Å²) in [4.78, 5) is 2.07. The molecule has 0 spiro atoms. The van der Waals surface area contributed by atoms with Crippen LogP contribution in [0.3, 0.4) is 0 Å². The van der Waals surface area contributed by atoms with E-state index in [0.717, 1.165) is 33.3 Å². The molecule has 0 amide bonds. The number of hydrogen-bond acceptors (Lipinski definition) is 4. The van der Waals surface area contributed by atoms with E-state index in [-0.39, 0.29) is 13.2 Å². The van der Waals surface area contributed by atoms with Crippen molar-refractivity contribution in [3.8, 4) is 0 Å². The van der Waals surface area contributed by atoms with E-state index in [4.69, 9.17) is 0 Å². The van der Waals surface area contributed by atoms with Gasteiger partial charge in [0.25, 0.3) is 0 Å². The maximum absolute atomic E-state index is 9.29. The predicted octanol–water partition coefficient (Wildman–Crippen LogP) is 5.44. The van der Waals surface area contributed by atoms with Crippen LogP contribution >= 0.6 is 11.9 Å². The van der Waals surface area contributed by atoms with Crippen LogP contribution in [0.4, 0.5) is 5.69 Å². The fourth-order valence-electron chi connectivity index (χ4n) is 4.02. The second-order valence-corrected chi connectivity index (χ2v) is 8.17. The number of nitrogens with zero attached hydrogens (tertiary/aromatic N) is 2. The van der Waals surface area contributed by atoms with Crippen LogP contribution in [0.5, 0.6) is 0 Å². The van der Waals surface area contributed by atoms with Crippen LogP contribution in [-0.2, 0) is 10.8 Å². The van der Waals surface area contributed by atoms with Gasteiger partial charge in [-0.3, -0.25) is 4.29 Å². The Morgan fingerprint density at radius 3 is 2.44 bits per heavy atom. The summed E-state index contributed by atoms with van der Waals surface area (Å²) < 4.78 is 5.79. The fraction of sp³-hybridized carbons (Fsp3) is 0.167. The van der Waals surface area contributed by atoms with Crippen molar-refractivity contribution in [1.29, 1.82) is 0 Å². The van der Waals surface area contributed by atoms with E-state index in [2.05, 4.69) is 74.2 Å². The van der Waals surface area contributed by atoms with Crippen molar-refractivity contribution in [3.05, 3.63) is 121 Å². The number of allylic oxidation sites excluding steroid dienone is 8. The number of fused-ring (bicyclic) bond motifs is 2. The Kier molecular flexibility index (Phi) is 11.2. The lowest BCUT2D eigenvalue weighted by Crippen LogP contribution is -2.36. The van der Waals surface area contributed by atoms with Crippen LogP contribution in [-0.4, -0.2) is 37.1 Å². The smallest absolute Gasteiger partial charge is 0.213 e. The van der Waals surface area contributed by atoms with E-state index >= 15 is 0 Å². The number of anilines is 1. The lowest BCUT2D eigenvalue weighted by atomic mass is 9.99. The zero-order chi connectivity index (χ0) is 25.6. The number of pyridine rings is 1. The van der Waals surface area contributed by atoms with Gasteiger partial charge in [-0.25, -0.2) is 0 Å². The molecule has 0 bridgehead atoms. The van der Waals surface area contributed by atoms with Crippen molar-refractivity contribution in [1.82, 2.24) is 0 Å². The Labute approximate surface area is 218 Å². The summed E-state index contributed by atoms with van der Waals surface area (Å²) in [6.45, 7) is 1.42. The number of aromatic nitrogens is 1. The molecule has 1 aliphatic rings. The Balaban J connectivity index is 0.00000115. The summed E-state index contributed by atoms with van der Waals surface area (Å²) in [6.07, 6.45) is 20.5. The molecule has 36 heavy (non-hydrogen) atoms. The van der Waals surface area contributed by atoms with Gasteiger partial charge in [-0.2, -0.15) is 4.57 Å². The molecular formula is C30H32ClN2O3+. The first kappa shape index (κ1) is 27.1. The van der Waals surface area contributed by atoms with Crippen molar-refractivity contribution in [3.63, 3.8) is 0 Å². The topological polar surface area (TPSA) is 56.8 Å². The third-order valence-electron chi connectivity index (χ3n) is 5.59. The van der Waals surface area contributed by atoms with E-state index in [0.29, 0.717) is 13.1 Å². The minimum absolute atomic E-state index is 0.122. The van der Waals surface area contributed by atoms with Gasteiger partial charge in [0.15, 0.2) is 12.7 Å². The first-order valence-corrected chi connectivity index (χ1v) is 12.1. The van der Waals surface area contributed by atoms with Crippen LogP contribution in [0.1, 0.15) is 11.1 Å². The van der Waals surface area contributed by atoms with Gasteiger partial charge in [0.2, 0.25) is 5.52 Å². The summed E-state index contributed by atoms with van der Waals surface area (Å²) in [5.41, 5.74) is 5.68. The van der Waals surface area contributed by atoms with Crippen LogP contribution in [0, 0.1) is 0 Å². The SMILES string of the molecule is COCl.OCCN1C=C/C(=C/C=C/C=C/C=C/c2cc[n+](CCO)c3ccccc23)c2ccccc21. The molecule has 0 saturated carbocycles. The van der Waals surface area contributed by atoms with Crippen LogP contribution < -0.4 is 9.47 Å². The van der Waals surface area contributed by atoms with Gasteiger partial charge in [-0.1, -0.05) is 72.9 Å². The standard InChI is InChI=1S/C29H29N2O2.CH3ClO/c32-22-20-30-18-16-24(26-12-6-8-14-28(26)30)10-4-2-1-3-5-11-25-17-19-31(21-23-33)29-15-9-7-13-27(25)29;1-3-2/h1-19,32-33H,20-23H2;1H3/q+1;. The quantitative estimate of drug-likeness (QED) is 0.317. The highest BCUT2D eigenvalue weighted by molar-refractivity contribution is 6.07. The molecule has 6 heteroatoms. The van der Waals surface area contributed by atoms with Crippen molar-refractivity contribution in [2.45, 2.75) is 6.54 Å². The van der Waals surface area contributed by atoms with Crippen molar-refractivity contribution >= 4 is 40.1 Å². The normalized spacial score (nSPS) is 14.2. The second-order valence-electron chi connectivity index (χ2n) is 7.86. The molecule has 0 atom stereocenters. The molecule has 2 N–H and O–H groups in total. The van der Waals surface area contributed by atoms with Gasteiger partial charge in [0.1, 0.15) is 6.61 Å². The van der Waals surface area contributed by atoms with Crippen molar-refractivity contribution in [2.75, 3.05) is 31.8 Å². The third kappa shape index (κ3) is 7.26. The summed E-state index contributed by atoms with van der Waals surface area (Å²) in [7, 11) is 1.39. The average Bonchev–Trinajstić information content (AvgIpc) is 2.91. The number of hydrogen-bond donors (Lipinski definition) is 2. The van der Waals surface area contributed by atoms with E-state index in [1.54, 1.807) is 0 Å². The number of benzene rings is 2. The maximum Gasteiger partial charge on any atom is 0.213 e. The minimum atomic E-state index is 0.122. The van der Waals surface area contributed by atoms with Gasteiger partial charge in [0.05, 0.1) is 31.0 Å². The molecule has 1 aliphatic heterocycles. The van der Waals surface area contributed by atoms with Gasteiger partial charge in [0, 0.05) is 36.1 Å². The summed E-state index contributed by atoms with van der Waals surface area (Å²) in [5.74, 6) is 0. The Hall–Kier alpha value is -3.48. The number of para-hydroxylation sites is 2. The van der Waals surface area contributed by atoms with Crippen molar-refractivity contribution in [2.24, 2.45) is 0 Å². The molecule has 0 radical (unpaired) electrons. The number of β-amino-alcohol motifs (C(OH)–C–C–N with tert-alkyl or cyclic N) is 1. The van der Waals surface area contributed by atoms with Crippen LogP contribution in [0.25, 0.3) is 22.6 Å². The van der Waals surface area contributed by atoms with Crippen LogP contribution in [0.15, 0.2) is 110 Å². The molecule has 0 aliphatic carbocycles. The third-order valence-corrected chi connectivity index (χ3v) is 5.59. The molecule has 0 fully saturated rings. The molecule has 186 valence electrons. The molecule has 3 aromatic rings. The number of aliphatic hydroxyl groups is 2. The first-order chi connectivity index (χ1) is 17.7. The summed E-state index contributed by atoms with van der Waals surface area (Å²) >= 11 is 4.50. The number of aliphatic hydroxyl groups excluding tert-OH is 2. The van der Waals surface area contributed by atoms with E-state index < -0.39 is 0 Å². The lowest BCUT2D eigenvalue weighted by molar-refractivity contribution is -0.672. The molecule has 2 aromatic carbocycles. The number of halogens is 1. The average molecular weight is 504 g/mol. The van der Waals surface area contributed by atoms with E-state index in [1.165, 1.54) is 7.11 Å². The molecule has 1 aromatic heterocycles.